The van der Waals surface area contributed by atoms with Crippen LogP contribution in [0.2, 0.25) is 0 Å². The van der Waals surface area contributed by atoms with Gasteiger partial charge in [0, 0.05) is 41.6 Å². The molecule has 0 fully saturated rings. The van der Waals surface area contributed by atoms with E-state index in [1.165, 1.54) is 36.4 Å². The Kier molecular flexibility index (Phi) is 4.91. The lowest BCUT2D eigenvalue weighted by molar-refractivity contribution is -0.384. The van der Waals surface area contributed by atoms with Crippen LogP contribution in [0.5, 0.6) is 0 Å². The lowest BCUT2D eigenvalue weighted by Gasteiger charge is -2.37. The quantitative estimate of drug-likeness (QED) is 0.235. The molecule has 3 heterocycles. The van der Waals surface area contributed by atoms with Gasteiger partial charge in [-0.2, -0.15) is 0 Å². The number of rotatable bonds is 4. The number of aromatic nitrogens is 3. The summed E-state index contributed by atoms with van der Waals surface area (Å²) in [5.41, 5.74) is 4.57. The van der Waals surface area contributed by atoms with Crippen molar-refractivity contribution in [1.29, 1.82) is 0 Å². The normalized spacial score (nSPS) is 20.0. The number of ether oxygens (including phenoxy) is 1. The number of benzene rings is 2. The summed E-state index contributed by atoms with van der Waals surface area (Å²) < 4.78 is 22.2. The number of nitro benzene ring substituents is 1. The first-order valence-corrected chi connectivity index (χ1v) is 11.2. The van der Waals surface area contributed by atoms with Crippen LogP contribution in [0, 0.1) is 21.8 Å². The van der Waals surface area contributed by atoms with E-state index in [1.807, 2.05) is 10.6 Å². The standard InChI is InChI=1S/C26H19FN4O4/c27-17-4-8-19-21(11-17)23-13-29-14-30(23)24(19)20-7-3-15-9-10-28-12-22(15)25(20)35-26(32)16-1-5-18(6-2-16)31(33)34/h1-2,4-6,8-14,20,24-25H,3,7H2. The number of aryl methyl sites for hydroxylation is 1. The summed E-state index contributed by atoms with van der Waals surface area (Å²) in [5.74, 6) is -1.06. The zero-order chi connectivity index (χ0) is 24.1. The number of nitro groups is 1. The van der Waals surface area contributed by atoms with E-state index in [9.17, 15) is 19.3 Å². The fourth-order valence-corrected chi connectivity index (χ4v) is 5.33. The number of halogens is 1. The average Bonchev–Trinajstić information content (AvgIpc) is 3.45. The van der Waals surface area contributed by atoms with E-state index in [2.05, 4.69) is 9.97 Å². The molecule has 0 spiro atoms. The Labute approximate surface area is 199 Å². The van der Waals surface area contributed by atoms with Crippen molar-refractivity contribution in [3.8, 4) is 11.3 Å². The molecular formula is C26H19FN4O4. The molecule has 8 nitrogen and oxygen atoms in total. The predicted molar refractivity (Wildman–Crippen MR) is 123 cm³/mol. The summed E-state index contributed by atoms with van der Waals surface area (Å²) in [5, 5.41) is 11.0. The number of esters is 1. The van der Waals surface area contributed by atoms with E-state index < -0.39 is 17.0 Å². The highest BCUT2D eigenvalue weighted by molar-refractivity contribution is 5.89. The van der Waals surface area contributed by atoms with Gasteiger partial charge in [0.15, 0.2) is 0 Å². The number of hydrogen-bond donors (Lipinski definition) is 0. The average molecular weight is 470 g/mol. The monoisotopic (exact) mass is 470 g/mol. The predicted octanol–water partition coefficient (Wildman–Crippen LogP) is 5.06. The summed E-state index contributed by atoms with van der Waals surface area (Å²) in [6, 6.07) is 11.8. The van der Waals surface area contributed by atoms with Crippen molar-refractivity contribution in [2.24, 2.45) is 5.92 Å². The third-order valence-corrected chi connectivity index (χ3v) is 6.92. The molecule has 1 aliphatic carbocycles. The van der Waals surface area contributed by atoms with Gasteiger partial charge in [0.1, 0.15) is 11.9 Å². The Balaban J connectivity index is 1.40. The molecular weight excluding hydrogens is 451 g/mol. The summed E-state index contributed by atoms with van der Waals surface area (Å²) in [6.07, 6.45) is 7.78. The minimum atomic E-state index is -0.619. The zero-order valence-electron chi connectivity index (χ0n) is 18.4. The van der Waals surface area contributed by atoms with Crippen LogP contribution in [0.3, 0.4) is 0 Å². The first kappa shape index (κ1) is 21.2. The van der Waals surface area contributed by atoms with Crippen LogP contribution in [0.4, 0.5) is 10.1 Å². The smallest absolute Gasteiger partial charge is 0.338 e. The molecule has 3 unspecified atom stereocenters. The van der Waals surface area contributed by atoms with E-state index in [-0.39, 0.29) is 29.0 Å². The molecule has 2 aliphatic rings. The Morgan fingerprint density at radius 3 is 2.71 bits per heavy atom. The Morgan fingerprint density at radius 2 is 1.91 bits per heavy atom. The molecule has 4 aromatic rings. The number of carbonyl (C=O) groups excluding carboxylic acids is 1. The van der Waals surface area contributed by atoms with Gasteiger partial charge in [0.2, 0.25) is 0 Å². The van der Waals surface area contributed by atoms with Gasteiger partial charge in [-0.05, 0) is 54.3 Å². The van der Waals surface area contributed by atoms with Crippen molar-refractivity contribution in [3.05, 3.63) is 112 Å². The second kappa shape index (κ2) is 8.12. The fraction of sp³-hybridized carbons (Fsp3) is 0.192. The maximum absolute atomic E-state index is 14.1. The molecule has 35 heavy (non-hydrogen) atoms. The summed E-state index contributed by atoms with van der Waals surface area (Å²) in [6.45, 7) is 0. The van der Waals surface area contributed by atoms with Crippen molar-refractivity contribution < 1.29 is 18.8 Å². The number of hydrogen-bond acceptors (Lipinski definition) is 6. The van der Waals surface area contributed by atoms with Crippen LogP contribution < -0.4 is 0 Å². The van der Waals surface area contributed by atoms with Gasteiger partial charge in [-0.3, -0.25) is 15.1 Å². The molecule has 9 heteroatoms. The van der Waals surface area contributed by atoms with Crippen molar-refractivity contribution in [1.82, 2.24) is 14.5 Å². The van der Waals surface area contributed by atoms with Crippen LogP contribution in [-0.4, -0.2) is 25.4 Å². The third kappa shape index (κ3) is 3.47. The fourth-order valence-electron chi connectivity index (χ4n) is 5.33. The largest absolute Gasteiger partial charge is 0.453 e. The van der Waals surface area contributed by atoms with Crippen LogP contribution in [0.15, 0.2) is 73.4 Å². The molecule has 0 amide bonds. The van der Waals surface area contributed by atoms with Crippen LogP contribution in [-0.2, 0) is 11.2 Å². The van der Waals surface area contributed by atoms with Crippen LogP contribution in [0.1, 0.15) is 45.6 Å². The van der Waals surface area contributed by atoms with E-state index in [0.29, 0.717) is 0 Å². The Bertz CT molecular complexity index is 1470. The van der Waals surface area contributed by atoms with Gasteiger partial charge in [0.05, 0.1) is 34.7 Å². The lowest BCUT2D eigenvalue weighted by Crippen LogP contribution is -2.31. The molecule has 2 aromatic heterocycles. The molecule has 6 rings (SSSR count). The highest BCUT2D eigenvalue weighted by atomic mass is 19.1. The first-order chi connectivity index (χ1) is 17.0. The van der Waals surface area contributed by atoms with E-state index in [4.69, 9.17) is 4.74 Å². The van der Waals surface area contributed by atoms with Crippen molar-refractivity contribution in [3.63, 3.8) is 0 Å². The van der Waals surface area contributed by atoms with Gasteiger partial charge < -0.3 is 9.30 Å². The molecule has 3 atom stereocenters. The maximum Gasteiger partial charge on any atom is 0.338 e. The Morgan fingerprint density at radius 1 is 1.09 bits per heavy atom. The number of pyridine rings is 1. The molecule has 0 N–H and O–H groups in total. The number of carbonyl (C=O) groups is 1. The molecule has 0 saturated carbocycles. The van der Waals surface area contributed by atoms with Gasteiger partial charge >= 0.3 is 5.97 Å². The molecule has 0 saturated heterocycles. The second-order valence-electron chi connectivity index (χ2n) is 8.77. The van der Waals surface area contributed by atoms with Crippen molar-refractivity contribution in [2.45, 2.75) is 25.0 Å². The summed E-state index contributed by atoms with van der Waals surface area (Å²) in [7, 11) is 0. The highest BCUT2D eigenvalue weighted by Crippen LogP contribution is 2.51. The lowest BCUT2D eigenvalue weighted by atomic mass is 9.76. The molecule has 2 aromatic carbocycles. The minimum absolute atomic E-state index is 0.103. The number of nitrogens with zero attached hydrogens (tertiary/aromatic N) is 4. The van der Waals surface area contributed by atoms with Gasteiger partial charge in [-0.25, -0.2) is 14.2 Å². The van der Waals surface area contributed by atoms with E-state index in [0.717, 1.165) is 40.8 Å². The number of non-ortho nitro benzene ring substituents is 1. The maximum atomic E-state index is 14.1. The Hall–Kier alpha value is -4.40. The van der Waals surface area contributed by atoms with Crippen molar-refractivity contribution in [2.75, 3.05) is 0 Å². The SMILES string of the molecule is O=C(OC1c2cnccc2CCC1C1c2ccc(F)cc2-c2cncn21)c1ccc([N+](=O)[O-])cc1. The van der Waals surface area contributed by atoms with E-state index in [1.54, 1.807) is 31.0 Å². The highest BCUT2D eigenvalue weighted by Gasteiger charge is 2.43. The van der Waals surface area contributed by atoms with Crippen molar-refractivity contribution >= 4 is 11.7 Å². The topological polar surface area (TPSA) is 100 Å². The number of fused-ring (bicyclic) bond motifs is 4. The van der Waals surface area contributed by atoms with Gasteiger partial charge in [0.25, 0.3) is 5.69 Å². The molecule has 1 aliphatic heterocycles. The number of imidazole rings is 1. The van der Waals surface area contributed by atoms with Gasteiger partial charge in [-0.15, -0.1) is 0 Å². The third-order valence-electron chi connectivity index (χ3n) is 6.92. The van der Waals surface area contributed by atoms with Crippen LogP contribution in [0.25, 0.3) is 11.3 Å². The van der Waals surface area contributed by atoms with E-state index >= 15 is 0 Å². The second-order valence-corrected chi connectivity index (χ2v) is 8.77. The van der Waals surface area contributed by atoms with Gasteiger partial charge in [-0.1, -0.05) is 6.07 Å². The molecule has 0 radical (unpaired) electrons. The zero-order valence-corrected chi connectivity index (χ0v) is 18.4. The summed E-state index contributed by atoms with van der Waals surface area (Å²) in [4.78, 5) is 32.2. The minimum Gasteiger partial charge on any atom is -0.453 e. The molecule has 174 valence electrons. The first-order valence-electron chi connectivity index (χ1n) is 11.2. The molecule has 0 bridgehead atoms. The summed E-state index contributed by atoms with van der Waals surface area (Å²) >= 11 is 0. The van der Waals surface area contributed by atoms with Crippen LogP contribution >= 0.6 is 0 Å².